The van der Waals surface area contributed by atoms with Gasteiger partial charge in [0, 0.05) is 35.3 Å². The fourth-order valence-electron chi connectivity index (χ4n) is 3.86. The van der Waals surface area contributed by atoms with Crippen LogP contribution in [0.5, 0.6) is 5.75 Å². The number of fused-ring (bicyclic) bond motifs is 1. The highest BCUT2D eigenvalue weighted by Gasteiger charge is 2.41. The van der Waals surface area contributed by atoms with Crippen LogP contribution in [0.3, 0.4) is 0 Å². The molecule has 2 amide bonds. The van der Waals surface area contributed by atoms with E-state index in [0.29, 0.717) is 22.0 Å². The van der Waals surface area contributed by atoms with E-state index in [4.69, 9.17) is 16.3 Å². The Labute approximate surface area is 198 Å². The maximum atomic E-state index is 12.6. The van der Waals surface area contributed by atoms with Crippen LogP contribution in [-0.2, 0) is 22.3 Å². The van der Waals surface area contributed by atoms with Gasteiger partial charge in [0.25, 0.3) is 5.91 Å². The van der Waals surface area contributed by atoms with Gasteiger partial charge in [-0.15, -0.1) is 0 Å². The van der Waals surface area contributed by atoms with Gasteiger partial charge in [-0.05, 0) is 43.3 Å². The summed E-state index contributed by atoms with van der Waals surface area (Å²) >= 11 is 5.94. The van der Waals surface area contributed by atoms with Crippen molar-refractivity contribution in [1.29, 1.82) is 0 Å². The number of ether oxygens (including phenoxy) is 1. The average Bonchev–Trinajstić information content (AvgIpc) is 2.76. The SMILES string of the molecule is CC1(C(=O)NCc2ccc(C(F)(F)F)cn2)C=C(NC(=O)[C@H]2C[C@@H](O)c3cc(Cl)ccc3O2)C1. The molecule has 3 N–H and O–H groups in total. The number of aliphatic hydroxyl groups is 1. The first-order valence-electron chi connectivity index (χ1n) is 10.4. The maximum Gasteiger partial charge on any atom is 0.417 e. The zero-order valence-corrected chi connectivity index (χ0v) is 18.7. The minimum atomic E-state index is -4.47. The van der Waals surface area contributed by atoms with Crippen molar-refractivity contribution < 1.29 is 32.6 Å². The lowest BCUT2D eigenvalue weighted by Crippen LogP contribution is -2.48. The summed E-state index contributed by atoms with van der Waals surface area (Å²) in [7, 11) is 0. The van der Waals surface area contributed by atoms with Crippen LogP contribution in [0.15, 0.2) is 48.3 Å². The van der Waals surface area contributed by atoms with E-state index in [1.807, 2.05) is 0 Å². The van der Waals surface area contributed by atoms with Gasteiger partial charge in [-0.2, -0.15) is 13.2 Å². The van der Waals surface area contributed by atoms with Crippen LogP contribution in [0.25, 0.3) is 0 Å². The van der Waals surface area contributed by atoms with Gasteiger partial charge in [0.1, 0.15) is 5.75 Å². The van der Waals surface area contributed by atoms with Crippen LogP contribution in [-0.4, -0.2) is 28.0 Å². The number of aromatic nitrogens is 1. The first kappa shape index (κ1) is 24.0. The van der Waals surface area contributed by atoms with Crippen LogP contribution >= 0.6 is 11.6 Å². The predicted octanol–water partition coefficient (Wildman–Crippen LogP) is 3.66. The highest BCUT2D eigenvalue weighted by Crippen LogP contribution is 2.39. The number of hydrogen-bond donors (Lipinski definition) is 3. The molecule has 0 saturated carbocycles. The minimum absolute atomic E-state index is 0.0285. The fourth-order valence-corrected chi connectivity index (χ4v) is 4.04. The largest absolute Gasteiger partial charge is 0.480 e. The van der Waals surface area contributed by atoms with E-state index >= 15 is 0 Å². The molecule has 2 heterocycles. The van der Waals surface area contributed by atoms with Crippen LogP contribution in [0.2, 0.25) is 5.02 Å². The van der Waals surface area contributed by atoms with Gasteiger partial charge in [0.05, 0.1) is 29.3 Å². The number of aliphatic hydroxyl groups excluding tert-OH is 1. The van der Waals surface area contributed by atoms with E-state index in [1.54, 1.807) is 31.2 Å². The number of hydrogen-bond acceptors (Lipinski definition) is 5. The van der Waals surface area contributed by atoms with Gasteiger partial charge in [-0.1, -0.05) is 11.6 Å². The van der Waals surface area contributed by atoms with Crippen LogP contribution in [0, 0.1) is 5.41 Å². The lowest BCUT2D eigenvalue weighted by Gasteiger charge is -2.36. The molecule has 2 aromatic rings. The maximum absolute atomic E-state index is 12.6. The molecule has 3 atom stereocenters. The number of amides is 2. The summed E-state index contributed by atoms with van der Waals surface area (Å²) in [6.45, 7) is 1.65. The lowest BCUT2D eigenvalue weighted by molar-refractivity contribution is -0.138. The third kappa shape index (κ3) is 5.02. The Morgan fingerprint density at radius 3 is 2.68 bits per heavy atom. The molecule has 0 bridgehead atoms. The number of halogens is 4. The van der Waals surface area contributed by atoms with Gasteiger partial charge in [-0.3, -0.25) is 14.6 Å². The van der Waals surface area contributed by atoms with Crippen molar-refractivity contribution in [3.05, 3.63) is 70.1 Å². The predicted molar refractivity (Wildman–Crippen MR) is 115 cm³/mol. The van der Waals surface area contributed by atoms with E-state index < -0.39 is 35.3 Å². The second-order valence-corrected chi connectivity index (χ2v) is 8.95. The standard InChI is InChI=1S/C23H21ClF3N3O4/c1-22(21(33)29-11-14-4-2-12(10-28-14)23(25,26)27)8-15(9-22)30-20(32)19-7-17(31)16-6-13(24)3-5-18(16)34-19/h2-6,8,10,17,19,31H,7,9,11H2,1H3,(H,29,33)(H,30,32)/t17-,19-,22?/m1/s1. The number of carbonyl (C=O) groups excluding carboxylic acids is 2. The van der Waals surface area contributed by atoms with E-state index in [-0.39, 0.29) is 31.0 Å². The van der Waals surface area contributed by atoms with Crippen molar-refractivity contribution in [3.8, 4) is 5.75 Å². The molecular formula is C23H21ClF3N3O4. The van der Waals surface area contributed by atoms with Crippen molar-refractivity contribution >= 4 is 23.4 Å². The highest BCUT2D eigenvalue weighted by molar-refractivity contribution is 6.30. The number of nitrogens with one attached hydrogen (secondary N) is 2. The summed E-state index contributed by atoms with van der Waals surface area (Å²) in [5, 5.41) is 16.1. The molecule has 7 nitrogen and oxygen atoms in total. The Bertz CT molecular complexity index is 1150. The second-order valence-electron chi connectivity index (χ2n) is 8.51. The van der Waals surface area contributed by atoms with Gasteiger partial charge < -0.3 is 20.5 Å². The monoisotopic (exact) mass is 495 g/mol. The molecule has 1 aliphatic carbocycles. The van der Waals surface area contributed by atoms with Crippen LogP contribution < -0.4 is 15.4 Å². The molecule has 1 aromatic carbocycles. The number of rotatable bonds is 5. The number of alkyl halides is 3. The molecule has 0 saturated heterocycles. The fraction of sp³-hybridized carbons (Fsp3) is 0.348. The summed E-state index contributed by atoms with van der Waals surface area (Å²) in [5.41, 5.74) is -0.401. The van der Waals surface area contributed by atoms with Gasteiger partial charge in [-0.25, -0.2) is 0 Å². The summed E-state index contributed by atoms with van der Waals surface area (Å²) in [6.07, 6.45) is -3.64. The molecule has 0 radical (unpaired) electrons. The minimum Gasteiger partial charge on any atom is -0.480 e. The third-order valence-electron chi connectivity index (χ3n) is 5.76. The first-order valence-corrected chi connectivity index (χ1v) is 10.8. The third-order valence-corrected chi connectivity index (χ3v) is 6.00. The van der Waals surface area contributed by atoms with Crippen molar-refractivity contribution in [2.24, 2.45) is 5.41 Å². The number of carbonyl (C=O) groups is 2. The molecule has 2 aliphatic rings. The van der Waals surface area contributed by atoms with E-state index in [0.717, 1.165) is 12.3 Å². The van der Waals surface area contributed by atoms with Gasteiger partial charge in [0.2, 0.25) is 5.91 Å². The Balaban J connectivity index is 1.30. The molecule has 1 aromatic heterocycles. The summed E-state index contributed by atoms with van der Waals surface area (Å²) in [5.74, 6) is -0.406. The molecule has 34 heavy (non-hydrogen) atoms. The lowest BCUT2D eigenvalue weighted by atomic mass is 9.74. The Morgan fingerprint density at radius 2 is 2.03 bits per heavy atom. The Morgan fingerprint density at radius 1 is 1.29 bits per heavy atom. The zero-order valence-electron chi connectivity index (χ0n) is 17.9. The quantitative estimate of drug-likeness (QED) is 0.588. The smallest absolute Gasteiger partial charge is 0.417 e. The molecule has 0 spiro atoms. The Hall–Kier alpha value is -3.11. The normalized spacial score (nSPS) is 23.6. The van der Waals surface area contributed by atoms with Gasteiger partial charge in [0.15, 0.2) is 6.10 Å². The molecule has 11 heteroatoms. The molecule has 180 valence electrons. The highest BCUT2D eigenvalue weighted by atomic mass is 35.5. The van der Waals surface area contributed by atoms with Crippen LogP contribution in [0.1, 0.15) is 42.7 Å². The molecular weight excluding hydrogens is 475 g/mol. The average molecular weight is 496 g/mol. The molecule has 4 rings (SSSR count). The number of pyridine rings is 1. The van der Waals surface area contributed by atoms with Crippen LogP contribution in [0.4, 0.5) is 13.2 Å². The van der Waals surface area contributed by atoms with Crippen molar-refractivity contribution in [1.82, 2.24) is 15.6 Å². The molecule has 0 fully saturated rings. The van der Waals surface area contributed by atoms with Crippen molar-refractivity contribution in [2.45, 2.75) is 44.7 Å². The van der Waals surface area contributed by atoms with Crippen molar-refractivity contribution in [2.75, 3.05) is 0 Å². The van der Waals surface area contributed by atoms with E-state index in [2.05, 4.69) is 15.6 Å². The number of allylic oxidation sites excluding steroid dienone is 1. The number of benzene rings is 1. The summed E-state index contributed by atoms with van der Waals surface area (Å²) in [6, 6.07) is 6.90. The summed E-state index contributed by atoms with van der Waals surface area (Å²) < 4.78 is 43.5. The van der Waals surface area contributed by atoms with E-state index in [9.17, 15) is 27.9 Å². The van der Waals surface area contributed by atoms with Gasteiger partial charge >= 0.3 is 6.18 Å². The van der Waals surface area contributed by atoms with E-state index in [1.165, 1.54) is 6.07 Å². The first-order chi connectivity index (χ1) is 15.9. The van der Waals surface area contributed by atoms with Crippen molar-refractivity contribution in [3.63, 3.8) is 0 Å². The molecule has 1 aliphatic heterocycles. The Kier molecular flexibility index (Phi) is 6.30. The summed E-state index contributed by atoms with van der Waals surface area (Å²) in [4.78, 5) is 28.9. The zero-order chi connectivity index (χ0) is 24.7. The topological polar surface area (TPSA) is 101 Å². The molecule has 1 unspecified atom stereocenters. The number of nitrogens with zero attached hydrogens (tertiary/aromatic N) is 1. The second kappa shape index (κ2) is 8.92.